The van der Waals surface area contributed by atoms with Crippen molar-refractivity contribution in [2.45, 2.75) is 89.3 Å². The molecular weight excluding hydrogens is 562 g/mol. The number of hydrogen-bond acceptors (Lipinski definition) is 8. The number of ether oxygens (including phenoxy) is 1. The second-order valence-corrected chi connectivity index (χ2v) is 13.3. The zero-order valence-corrected chi connectivity index (χ0v) is 25.9. The number of amides is 3. The average molecular weight is 606 g/mol. The molecule has 0 radical (unpaired) electrons. The van der Waals surface area contributed by atoms with Crippen LogP contribution in [0.25, 0.3) is 0 Å². The lowest BCUT2D eigenvalue weighted by molar-refractivity contribution is -0.134. The molecule has 1 fully saturated rings. The second-order valence-electron chi connectivity index (χ2n) is 11.6. The fraction of sp³-hybridized carbons (Fsp3) is 0.621. The number of hydrogen-bond donors (Lipinski definition) is 3. The molecule has 0 unspecified atom stereocenters. The van der Waals surface area contributed by atoms with E-state index in [0.717, 1.165) is 25.7 Å². The highest BCUT2D eigenvalue weighted by atomic mass is 32.2. The van der Waals surface area contributed by atoms with Gasteiger partial charge in [0.05, 0.1) is 25.6 Å². The Morgan fingerprint density at radius 1 is 1.24 bits per heavy atom. The monoisotopic (exact) mass is 605 g/mol. The summed E-state index contributed by atoms with van der Waals surface area (Å²) in [6, 6.07) is 4.36. The Morgan fingerprint density at radius 3 is 2.60 bits per heavy atom. The van der Waals surface area contributed by atoms with Gasteiger partial charge in [0.15, 0.2) is 10.7 Å². The lowest BCUT2D eigenvalue weighted by Crippen LogP contribution is -2.50. The molecule has 1 aromatic heterocycles. The molecule has 3 atom stereocenters. The number of carbonyl (C=O) groups excluding carboxylic acids is 2. The number of aliphatic hydroxyl groups is 1. The van der Waals surface area contributed by atoms with E-state index in [1.54, 1.807) is 48.9 Å². The van der Waals surface area contributed by atoms with Crippen LogP contribution in [0.2, 0.25) is 0 Å². The molecule has 3 amide bonds. The predicted octanol–water partition coefficient (Wildman–Crippen LogP) is 3.22. The molecule has 42 heavy (non-hydrogen) atoms. The van der Waals surface area contributed by atoms with Crippen LogP contribution in [0, 0.1) is 19.8 Å². The van der Waals surface area contributed by atoms with Crippen LogP contribution in [0.3, 0.4) is 0 Å². The summed E-state index contributed by atoms with van der Waals surface area (Å²) >= 11 is 0. The molecule has 1 aliphatic carbocycles. The van der Waals surface area contributed by atoms with Gasteiger partial charge in [-0.15, -0.1) is 0 Å². The number of aliphatic hydroxyl groups excluding tert-OH is 1. The van der Waals surface area contributed by atoms with E-state index in [4.69, 9.17) is 9.26 Å². The van der Waals surface area contributed by atoms with Crippen LogP contribution in [0.4, 0.5) is 10.5 Å². The molecule has 3 N–H and O–H groups in total. The van der Waals surface area contributed by atoms with Gasteiger partial charge in [0, 0.05) is 36.8 Å². The first-order chi connectivity index (χ1) is 19.9. The van der Waals surface area contributed by atoms with Crippen molar-refractivity contribution in [3.05, 3.63) is 35.2 Å². The topological polar surface area (TPSA) is 154 Å². The number of likely N-dealkylation sites (N-methyl/N-ethyl adjacent to an activating group) is 1. The number of fused-ring (bicyclic) bond motifs is 1. The number of sulfonamides is 1. The molecule has 0 bridgehead atoms. The molecule has 2 heterocycles. The maximum absolute atomic E-state index is 13.5. The predicted molar refractivity (Wildman–Crippen MR) is 157 cm³/mol. The number of nitrogens with zero attached hydrogens (tertiary/aromatic N) is 3. The maximum atomic E-state index is 13.5. The molecule has 13 heteroatoms. The third-order valence-corrected chi connectivity index (χ3v) is 9.76. The highest BCUT2D eigenvalue weighted by Gasteiger charge is 2.33. The SMILES string of the molecule is Cc1noc(C)c1S(=O)(=O)Nc1ccc2c(c1)CC(=O)N([C@@H](C)CO)C[C@H](C)[C@@H](CN(C)C(=O)NC1CCCCC1)O2. The zero-order chi connectivity index (χ0) is 30.6. The molecule has 1 saturated carbocycles. The molecule has 1 aromatic carbocycles. The van der Waals surface area contributed by atoms with Crippen molar-refractivity contribution in [2.24, 2.45) is 5.92 Å². The number of nitrogens with one attached hydrogen (secondary N) is 2. The summed E-state index contributed by atoms with van der Waals surface area (Å²) in [4.78, 5) is 29.7. The molecule has 2 aromatic rings. The standard InChI is InChI=1S/C29H43N5O7S/c1-18-15-34(19(2)17-35)27(36)14-22-13-24(32-42(38,39)28-20(3)31-41-21(28)4)11-12-25(22)40-26(18)16-33(5)29(37)30-23-9-7-6-8-10-23/h11-13,18-19,23,26,32,35H,6-10,14-17H2,1-5H3,(H,30,37)/t18-,19-,26+/m0/s1. The number of aryl methyl sites for hydroxylation is 2. The molecule has 1 aliphatic heterocycles. The Kier molecular flexibility index (Phi) is 10.0. The number of benzene rings is 1. The van der Waals surface area contributed by atoms with E-state index in [0.29, 0.717) is 17.9 Å². The summed E-state index contributed by atoms with van der Waals surface area (Å²) in [5.41, 5.74) is 0.977. The Labute approximate surface area is 247 Å². The first-order valence-electron chi connectivity index (χ1n) is 14.6. The van der Waals surface area contributed by atoms with Crippen molar-refractivity contribution in [1.82, 2.24) is 20.3 Å². The number of aromatic nitrogens is 1. The molecule has 4 rings (SSSR count). The van der Waals surface area contributed by atoms with E-state index in [2.05, 4.69) is 15.2 Å². The molecule has 0 saturated heterocycles. The van der Waals surface area contributed by atoms with Gasteiger partial charge in [-0.3, -0.25) is 9.52 Å². The number of rotatable bonds is 8. The van der Waals surface area contributed by atoms with E-state index in [-0.39, 0.29) is 65.5 Å². The summed E-state index contributed by atoms with van der Waals surface area (Å²) in [6.07, 6.45) is 4.82. The van der Waals surface area contributed by atoms with Crippen LogP contribution in [-0.4, -0.2) is 85.4 Å². The van der Waals surface area contributed by atoms with Crippen LogP contribution >= 0.6 is 0 Å². The molecule has 2 aliphatic rings. The maximum Gasteiger partial charge on any atom is 0.317 e. The van der Waals surface area contributed by atoms with E-state index >= 15 is 0 Å². The van der Waals surface area contributed by atoms with Gasteiger partial charge in [0.1, 0.15) is 17.5 Å². The highest BCUT2D eigenvalue weighted by Crippen LogP contribution is 2.31. The Balaban J connectivity index is 1.61. The van der Waals surface area contributed by atoms with E-state index in [9.17, 15) is 23.1 Å². The van der Waals surface area contributed by atoms with Gasteiger partial charge in [-0.2, -0.15) is 0 Å². The largest absolute Gasteiger partial charge is 0.488 e. The van der Waals surface area contributed by atoms with Gasteiger partial charge in [-0.1, -0.05) is 31.3 Å². The summed E-state index contributed by atoms with van der Waals surface area (Å²) in [7, 11) is -2.28. The van der Waals surface area contributed by atoms with Gasteiger partial charge in [0.25, 0.3) is 10.0 Å². The van der Waals surface area contributed by atoms with Crippen molar-refractivity contribution in [1.29, 1.82) is 0 Å². The Morgan fingerprint density at radius 2 is 1.95 bits per heavy atom. The first kappa shape index (κ1) is 31.6. The smallest absolute Gasteiger partial charge is 0.317 e. The van der Waals surface area contributed by atoms with Crippen LogP contribution in [0.1, 0.15) is 63.0 Å². The summed E-state index contributed by atoms with van der Waals surface area (Å²) in [6.45, 7) is 7.19. The van der Waals surface area contributed by atoms with Crippen LogP contribution in [-0.2, 0) is 21.2 Å². The summed E-state index contributed by atoms with van der Waals surface area (Å²) in [5, 5.41) is 16.8. The molecule has 0 spiro atoms. The van der Waals surface area contributed by atoms with Crippen LogP contribution < -0.4 is 14.8 Å². The fourth-order valence-electron chi connectivity index (χ4n) is 5.66. The van der Waals surface area contributed by atoms with Crippen molar-refractivity contribution in [3.8, 4) is 5.75 Å². The Bertz CT molecular complexity index is 1350. The minimum absolute atomic E-state index is 0.0373. The fourth-order valence-corrected chi connectivity index (χ4v) is 7.04. The lowest BCUT2D eigenvalue weighted by Gasteiger charge is -2.34. The molecule has 12 nitrogen and oxygen atoms in total. The van der Waals surface area contributed by atoms with E-state index in [1.165, 1.54) is 13.3 Å². The van der Waals surface area contributed by atoms with Gasteiger partial charge in [-0.05, 0) is 51.8 Å². The Hall–Kier alpha value is -3.32. The van der Waals surface area contributed by atoms with Gasteiger partial charge >= 0.3 is 6.03 Å². The van der Waals surface area contributed by atoms with Crippen molar-refractivity contribution in [2.75, 3.05) is 31.5 Å². The van der Waals surface area contributed by atoms with Crippen molar-refractivity contribution < 1.29 is 32.4 Å². The molecule has 232 valence electrons. The molecular formula is C29H43N5O7S. The normalized spacial score (nSPS) is 20.9. The average Bonchev–Trinajstić information content (AvgIpc) is 3.31. The van der Waals surface area contributed by atoms with E-state index in [1.807, 2.05) is 6.92 Å². The van der Waals surface area contributed by atoms with Crippen molar-refractivity contribution in [3.63, 3.8) is 0 Å². The van der Waals surface area contributed by atoms with Gasteiger partial charge in [0.2, 0.25) is 5.91 Å². The van der Waals surface area contributed by atoms with Crippen LogP contribution in [0.5, 0.6) is 5.75 Å². The summed E-state index contributed by atoms with van der Waals surface area (Å²) < 4.78 is 40.3. The van der Waals surface area contributed by atoms with Gasteiger partial charge < -0.3 is 29.5 Å². The first-order valence-corrected chi connectivity index (χ1v) is 16.0. The third-order valence-electron chi connectivity index (χ3n) is 8.14. The zero-order valence-electron chi connectivity index (χ0n) is 25.1. The summed E-state index contributed by atoms with van der Waals surface area (Å²) in [5.74, 6) is 0.197. The van der Waals surface area contributed by atoms with Gasteiger partial charge in [-0.25, -0.2) is 13.2 Å². The van der Waals surface area contributed by atoms with E-state index < -0.39 is 22.2 Å². The van der Waals surface area contributed by atoms with Crippen molar-refractivity contribution >= 4 is 27.6 Å². The number of carbonyl (C=O) groups is 2. The lowest BCUT2D eigenvalue weighted by atomic mass is 9.96. The number of urea groups is 1. The van der Waals surface area contributed by atoms with Crippen LogP contribution in [0.15, 0.2) is 27.6 Å². The highest BCUT2D eigenvalue weighted by molar-refractivity contribution is 7.92. The number of anilines is 1. The quantitative estimate of drug-likeness (QED) is 0.415. The second kappa shape index (κ2) is 13.3. The minimum atomic E-state index is -4.01. The third kappa shape index (κ3) is 7.35. The minimum Gasteiger partial charge on any atom is -0.488 e.